The minimum Gasteiger partial charge on any atom is -0.441 e. The second kappa shape index (κ2) is 7.90. The van der Waals surface area contributed by atoms with Crippen molar-refractivity contribution in [2.45, 2.75) is 20.0 Å². The van der Waals surface area contributed by atoms with Crippen molar-refractivity contribution in [3.63, 3.8) is 0 Å². The summed E-state index contributed by atoms with van der Waals surface area (Å²) in [7, 11) is 0. The predicted molar refractivity (Wildman–Crippen MR) is 92.9 cm³/mol. The molecule has 0 heterocycles. The van der Waals surface area contributed by atoms with Crippen molar-refractivity contribution in [2.75, 3.05) is 0 Å². The van der Waals surface area contributed by atoms with Gasteiger partial charge in [-0.25, -0.2) is 4.79 Å². The highest BCUT2D eigenvalue weighted by Crippen LogP contribution is 2.25. The molecule has 0 spiro atoms. The summed E-state index contributed by atoms with van der Waals surface area (Å²) in [6.45, 7) is 3.29. The summed E-state index contributed by atoms with van der Waals surface area (Å²) in [5.74, 6) is 0. The molecule has 0 aliphatic rings. The number of halogens is 2. The van der Waals surface area contributed by atoms with E-state index in [0.717, 1.165) is 5.56 Å². The molecule has 0 unspecified atom stereocenters. The average molecular weight is 425 g/mol. The third kappa shape index (κ3) is 4.99. The van der Waals surface area contributed by atoms with E-state index in [1.165, 1.54) is 0 Å². The molecule has 1 rings (SSSR count). The molecule has 0 aromatic heterocycles. The number of hydrogen-bond acceptors (Lipinski definition) is 4. The first-order valence-electron chi connectivity index (χ1n) is 5.69. The molecule has 7 heteroatoms. The third-order valence-electron chi connectivity index (χ3n) is 2.44. The Labute approximate surface area is 142 Å². The molecular formula is C13H14ClIN2O2S. The maximum absolute atomic E-state index is 11.8. The van der Waals surface area contributed by atoms with Crippen LogP contribution in [0.4, 0.5) is 4.79 Å². The molecule has 0 aliphatic heterocycles. The Morgan fingerprint density at radius 3 is 2.60 bits per heavy atom. The van der Waals surface area contributed by atoms with Crippen molar-refractivity contribution in [3.8, 4) is 0 Å². The van der Waals surface area contributed by atoms with E-state index in [9.17, 15) is 4.79 Å². The molecule has 0 aliphatic carbocycles. The van der Waals surface area contributed by atoms with Crippen LogP contribution >= 0.6 is 46.8 Å². The SMILES string of the molecule is CC(=N)/C(NC(=O)O[C@H](C)c1ccccc1Cl)=C(\S)I. The van der Waals surface area contributed by atoms with E-state index in [1.54, 1.807) is 32.0 Å². The number of ether oxygens (including phenoxy) is 1. The fourth-order valence-electron chi connectivity index (χ4n) is 1.46. The molecule has 0 bridgehead atoms. The van der Waals surface area contributed by atoms with Gasteiger partial charge in [-0.1, -0.05) is 29.8 Å². The van der Waals surface area contributed by atoms with Crippen LogP contribution < -0.4 is 5.32 Å². The summed E-state index contributed by atoms with van der Waals surface area (Å²) in [6, 6.07) is 7.16. The Kier molecular flexibility index (Phi) is 6.84. The van der Waals surface area contributed by atoms with Crippen LogP contribution in [0.2, 0.25) is 5.02 Å². The van der Waals surface area contributed by atoms with Crippen LogP contribution in [0, 0.1) is 5.41 Å². The molecule has 108 valence electrons. The largest absolute Gasteiger partial charge is 0.441 e. The van der Waals surface area contributed by atoms with Gasteiger partial charge in [-0.3, -0.25) is 5.32 Å². The summed E-state index contributed by atoms with van der Waals surface area (Å²) in [4.78, 5) is 11.8. The van der Waals surface area contributed by atoms with Crippen LogP contribution in [0.1, 0.15) is 25.5 Å². The zero-order chi connectivity index (χ0) is 15.3. The molecule has 1 aromatic carbocycles. The third-order valence-corrected chi connectivity index (χ3v) is 3.54. The lowest BCUT2D eigenvalue weighted by Crippen LogP contribution is -2.28. The number of alkyl carbamates (subject to hydrolysis) is 1. The summed E-state index contributed by atoms with van der Waals surface area (Å²) >= 11 is 12.1. The lowest BCUT2D eigenvalue weighted by atomic mass is 10.1. The molecular weight excluding hydrogens is 411 g/mol. The Bertz CT molecular complexity index is 559. The molecule has 2 N–H and O–H groups in total. The highest BCUT2D eigenvalue weighted by Gasteiger charge is 2.16. The molecule has 0 radical (unpaired) electrons. The van der Waals surface area contributed by atoms with Crippen LogP contribution in [-0.4, -0.2) is 11.8 Å². The second-order valence-electron chi connectivity index (χ2n) is 3.98. The van der Waals surface area contributed by atoms with Gasteiger partial charge in [0.25, 0.3) is 0 Å². The minimum atomic E-state index is -0.651. The summed E-state index contributed by atoms with van der Waals surface area (Å²) in [5.41, 5.74) is 1.25. The first-order valence-corrected chi connectivity index (χ1v) is 7.59. The number of benzene rings is 1. The van der Waals surface area contributed by atoms with E-state index >= 15 is 0 Å². The van der Waals surface area contributed by atoms with Gasteiger partial charge in [-0.05, 0) is 42.5 Å². The number of carbonyl (C=O) groups excluding carboxylic acids is 1. The highest BCUT2D eigenvalue weighted by molar-refractivity contribution is 14.1. The van der Waals surface area contributed by atoms with E-state index in [-0.39, 0.29) is 5.71 Å². The maximum atomic E-state index is 11.8. The average Bonchev–Trinajstić information content (AvgIpc) is 2.35. The molecule has 1 atom stereocenters. The zero-order valence-electron chi connectivity index (χ0n) is 10.9. The molecule has 0 fully saturated rings. The van der Waals surface area contributed by atoms with Crippen molar-refractivity contribution >= 4 is 58.6 Å². The minimum absolute atomic E-state index is 0.201. The van der Waals surface area contributed by atoms with E-state index in [0.29, 0.717) is 13.6 Å². The lowest BCUT2D eigenvalue weighted by molar-refractivity contribution is 0.110. The lowest BCUT2D eigenvalue weighted by Gasteiger charge is -2.16. The molecule has 20 heavy (non-hydrogen) atoms. The van der Waals surface area contributed by atoms with E-state index in [2.05, 4.69) is 17.9 Å². The fraction of sp³-hybridized carbons (Fsp3) is 0.231. The van der Waals surface area contributed by atoms with Crippen LogP contribution in [-0.2, 0) is 4.74 Å². The number of carbonyl (C=O) groups is 1. The number of amides is 1. The van der Waals surface area contributed by atoms with Gasteiger partial charge in [0, 0.05) is 10.6 Å². The zero-order valence-corrected chi connectivity index (χ0v) is 14.7. The van der Waals surface area contributed by atoms with Gasteiger partial charge < -0.3 is 10.1 Å². The van der Waals surface area contributed by atoms with Crippen molar-refractivity contribution in [3.05, 3.63) is 43.5 Å². The van der Waals surface area contributed by atoms with E-state index in [4.69, 9.17) is 21.7 Å². The normalized spacial score (nSPS) is 13.2. The smallest absolute Gasteiger partial charge is 0.412 e. The number of hydrogen-bond donors (Lipinski definition) is 3. The van der Waals surface area contributed by atoms with Crippen molar-refractivity contribution in [2.24, 2.45) is 0 Å². The van der Waals surface area contributed by atoms with Gasteiger partial charge in [-0.2, -0.15) is 0 Å². The first kappa shape index (κ1) is 17.3. The molecule has 1 aromatic rings. The topological polar surface area (TPSA) is 62.2 Å². The predicted octanol–water partition coefficient (Wildman–Crippen LogP) is 4.70. The molecule has 0 saturated carbocycles. The van der Waals surface area contributed by atoms with Crippen molar-refractivity contribution in [1.29, 1.82) is 5.41 Å². The fourth-order valence-corrected chi connectivity index (χ4v) is 2.51. The van der Waals surface area contributed by atoms with Crippen LogP contribution in [0.15, 0.2) is 32.9 Å². The van der Waals surface area contributed by atoms with Gasteiger partial charge in [0.1, 0.15) is 6.10 Å². The van der Waals surface area contributed by atoms with E-state index < -0.39 is 12.2 Å². The number of thiol groups is 1. The van der Waals surface area contributed by atoms with Gasteiger partial charge >= 0.3 is 6.09 Å². The van der Waals surface area contributed by atoms with Crippen molar-refractivity contribution in [1.82, 2.24) is 5.32 Å². The number of nitrogens with one attached hydrogen (secondary N) is 2. The Hall–Kier alpha value is -0.730. The number of rotatable bonds is 4. The maximum Gasteiger partial charge on any atom is 0.412 e. The van der Waals surface area contributed by atoms with Crippen LogP contribution in [0.3, 0.4) is 0 Å². The Morgan fingerprint density at radius 1 is 1.50 bits per heavy atom. The van der Waals surface area contributed by atoms with Gasteiger partial charge in [0.15, 0.2) is 0 Å². The van der Waals surface area contributed by atoms with Gasteiger partial charge in [0.2, 0.25) is 0 Å². The highest BCUT2D eigenvalue weighted by atomic mass is 127. The monoisotopic (exact) mass is 424 g/mol. The quantitative estimate of drug-likeness (QED) is 0.373. The van der Waals surface area contributed by atoms with E-state index in [1.807, 2.05) is 28.7 Å². The Morgan fingerprint density at radius 2 is 2.10 bits per heavy atom. The van der Waals surface area contributed by atoms with Crippen LogP contribution in [0.5, 0.6) is 0 Å². The molecule has 1 amide bonds. The van der Waals surface area contributed by atoms with Gasteiger partial charge in [-0.15, -0.1) is 12.6 Å². The van der Waals surface area contributed by atoms with Crippen LogP contribution in [0.25, 0.3) is 0 Å². The number of allylic oxidation sites excluding steroid dienone is 1. The standard InChI is InChI=1S/C13H14ClIN2O2S/c1-7(16)11(12(15)20)17-13(18)19-8(2)9-5-3-4-6-10(9)14/h3-6,8,16,20H,1-2H3,(H,17,18)/b12-11+,16-7?/t8-/m1/s1. The molecule has 4 nitrogen and oxygen atoms in total. The second-order valence-corrected chi connectivity index (χ2v) is 6.77. The van der Waals surface area contributed by atoms with Gasteiger partial charge in [0.05, 0.1) is 14.3 Å². The van der Waals surface area contributed by atoms with Crippen molar-refractivity contribution < 1.29 is 9.53 Å². The Balaban J connectivity index is 2.75. The summed E-state index contributed by atoms with van der Waals surface area (Å²) in [5, 5.41) is 10.6. The first-order chi connectivity index (χ1) is 9.32. The summed E-state index contributed by atoms with van der Waals surface area (Å²) in [6.07, 6.45) is -1.14. The molecule has 0 saturated heterocycles. The summed E-state index contributed by atoms with van der Waals surface area (Å²) < 4.78 is 5.76.